The lowest BCUT2D eigenvalue weighted by molar-refractivity contribution is 0.0700. The summed E-state index contributed by atoms with van der Waals surface area (Å²) in [5.74, 6) is 1.97. The van der Waals surface area contributed by atoms with Crippen molar-refractivity contribution in [2.24, 2.45) is 0 Å². The molecule has 5 heteroatoms. The lowest BCUT2D eigenvalue weighted by Gasteiger charge is -2.26. The summed E-state index contributed by atoms with van der Waals surface area (Å²) in [6.07, 6.45) is 11.3. The fraction of sp³-hybridized carbons (Fsp3) is 0.591. The molecule has 0 aliphatic carbocycles. The van der Waals surface area contributed by atoms with Crippen LogP contribution in [0.3, 0.4) is 0 Å². The second-order valence-electron chi connectivity index (χ2n) is 7.63. The maximum Gasteiger partial charge on any atom is 0.140 e. The Bertz CT molecular complexity index is 703. The SMILES string of the molecule is c1cc(OCCCN2CCCCC2)cc(-c2nccn2C2CCOCC2)c1. The minimum atomic E-state index is 0.477. The highest BCUT2D eigenvalue weighted by Gasteiger charge is 2.19. The lowest BCUT2D eigenvalue weighted by Crippen LogP contribution is -2.31. The van der Waals surface area contributed by atoms with Gasteiger partial charge in [0.1, 0.15) is 11.6 Å². The number of hydrogen-bond donors (Lipinski definition) is 0. The van der Waals surface area contributed by atoms with Gasteiger partial charge in [-0.1, -0.05) is 18.6 Å². The molecule has 1 aromatic heterocycles. The van der Waals surface area contributed by atoms with E-state index in [4.69, 9.17) is 9.47 Å². The summed E-state index contributed by atoms with van der Waals surface area (Å²) in [4.78, 5) is 7.18. The second-order valence-corrected chi connectivity index (χ2v) is 7.63. The van der Waals surface area contributed by atoms with Crippen LogP contribution in [0.2, 0.25) is 0 Å². The molecule has 4 rings (SSSR count). The van der Waals surface area contributed by atoms with Crippen LogP contribution in [0.5, 0.6) is 5.75 Å². The van der Waals surface area contributed by atoms with E-state index in [-0.39, 0.29) is 0 Å². The molecule has 2 aliphatic heterocycles. The Morgan fingerprint density at radius 1 is 1.11 bits per heavy atom. The van der Waals surface area contributed by atoms with Crippen molar-refractivity contribution in [3.05, 3.63) is 36.7 Å². The number of aromatic nitrogens is 2. The zero-order valence-electron chi connectivity index (χ0n) is 16.2. The quantitative estimate of drug-likeness (QED) is 0.687. The van der Waals surface area contributed by atoms with Gasteiger partial charge in [0.2, 0.25) is 0 Å². The van der Waals surface area contributed by atoms with E-state index in [0.717, 1.165) is 62.8 Å². The van der Waals surface area contributed by atoms with Gasteiger partial charge in [-0.25, -0.2) is 4.98 Å². The van der Waals surface area contributed by atoms with E-state index in [2.05, 4.69) is 38.8 Å². The van der Waals surface area contributed by atoms with Gasteiger partial charge in [-0.05, 0) is 57.3 Å². The van der Waals surface area contributed by atoms with E-state index in [9.17, 15) is 0 Å². The van der Waals surface area contributed by atoms with Gasteiger partial charge in [-0.2, -0.15) is 0 Å². The molecule has 3 heterocycles. The van der Waals surface area contributed by atoms with Crippen LogP contribution in [0.25, 0.3) is 11.4 Å². The third-order valence-corrected chi connectivity index (χ3v) is 5.68. The molecule has 2 aliphatic rings. The molecular weight excluding hydrogens is 338 g/mol. The highest BCUT2D eigenvalue weighted by molar-refractivity contribution is 5.58. The average Bonchev–Trinajstić information content (AvgIpc) is 3.23. The highest BCUT2D eigenvalue weighted by atomic mass is 16.5. The molecule has 0 radical (unpaired) electrons. The molecule has 0 amide bonds. The third-order valence-electron chi connectivity index (χ3n) is 5.68. The van der Waals surface area contributed by atoms with E-state index in [0.29, 0.717) is 6.04 Å². The Labute approximate surface area is 162 Å². The van der Waals surface area contributed by atoms with Crippen molar-refractivity contribution in [1.29, 1.82) is 0 Å². The molecule has 2 saturated heterocycles. The molecule has 27 heavy (non-hydrogen) atoms. The molecular formula is C22H31N3O2. The van der Waals surface area contributed by atoms with Crippen LogP contribution >= 0.6 is 0 Å². The number of hydrogen-bond acceptors (Lipinski definition) is 4. The topological polar surface area (TPSA) is 39.5 Å². The first kappa shape index (κ1) is 18.5. The molecule has 1 aromatic carbocycles. The third kappa shape index (κ3) is 4.90. The summed E-state index contributed by atoms with van der Waals surface area (Å²) < 4.78 is 13.8. The molecule has 2 fully saturated rings. The van der Waals surface area contributed by atoms with E-state index in [1.165, 1.54) is 32.4 Å². The number of piperidine rings is 1. The van der Waals surface area contributed by atoms with Gasteiger partial charge < -0.3 is 18.9 Å². The molecule has 0 spiro atoms. The largest absolute Gasteiger partial charge is 0.494 e. The van der Waals surface area contributed by atoms with Crippen molar-refractivity contribution in [3.63, 3.8) is 0 Å². The molecule has 0 atom stereocenters. The van der Waals surface area contributed by atoms with Crippen LogP contribution in [0.1, 0.15) is 44.6 Å². The van der Waals surface area contributed by atoms with Gasteiger partial charge in [0.05, 0.1) is 6.61 Å². The van der Waals surface area contributed by atoms with E-state index in [1.807, 2.05) is 12.3 Å². The summed E-state index contributed by atoms with van der Waals surface area (Å²) in [6, 6.07) is 8.84. The molecule has 5 nitrogen and oxygen atoms in total. The van der Waals surface area contributed by atoms with Crippen LogP contribution in [-0.4, -0.2) is 53.9 Å². The van der Waals surface area contributed by atoms with Crippen molar-refractivity contribution in [1.82, 2.24) is 14.5 Å². The van der Waals surface area contributed by atoms with Crippen molar-refractivity contribution >= 4 is 0 Å². The Kier molecular flexibility index (Phi) is 6.43. The highest BCUT2D eigenvalue weighted by Crippen LogP contribution is 2.29. The zero-order chi connectivity index (χ0) is 18.3. The van der Waals surface area contributed by atoms with Crippen LogP contribution in [0.15, 0.2) is 36.7 Å². The number of ether oxygens (including phenoxy) is 2. The van der Waals surface area contributed by atoms with Crippen LogP contribution in [-0.2, 0) is 4.74 Å². The fourth-order valence-electron chi connectivity index (χ4n) is 4.18. The average molecular weight is 370 g/mol. The van der Waals surface area contributed by atoms with Crippen molar-refractivity contribution < 1.29 is 9.47 Å². The van der Waals surface area contributed by atoms with Gasteiger partial charge >= 0.3 is 0 Å². The van der Waals surface area contributed by atoms with Crippen LogP contribution < -0.4 is 4.74 Å². The maximum atomic E-state index is 6.04. The summed E-state index contributed by atoms with van der Waals surface area (Å²) >= 11 is 0. The minimum absolute atomic E-state index is 0.477. The summed E-state index contributed by atoms with van der Waals surface area (Å²) in [5, 5.41) is 0. The molecule has 0 saturated carbocycles. The summed E-state index contributed by atoms with van der Waals surface area (Å²) in [6.45, 7) is 6.10. The van der Waals surface area contributed by atoms with Gasteiger partial charge in [0, 0.05) is 43.8 Å². The first-order valence-electron chi connectivity index (χ1n) is 10.5. The van der Waals surface area contributed by atoms with Crippen LogP contribution in [0, 0.1) is 0 Å². The standard InChI is InChI=1S/C22H31N3O2/c1-2-11-24(12-3-1)13-5-15-27-21-7-4-6-19(18-21)22-23-10-14-25(22)20-8-16-26-17-9-20/h4,6-7,10,14,18,20H,1-3,5,8-9,11-13,15-17H2. The molecule has 2 aromatic rings. The van der Waals surface area contributed by atoms with Gasteiger partial charge in [0.15, 0.2) is 0 Å². The predicted molar refractivity (Wildman–Crippen MR) is 107 cm³/mol. The van der Waals surface area contributed by atoms with Gasteiger partial charge in [-0.15, -0.1) is 0 Å². The molecule has 146 valence electrons. The summed E-state index contributed by atoms with van der Waals surface area (Å²) in [7, 11) is 0. The Hall–Kier alpha value is -1.85. The number of likely N-dealkylation sites (tertiary alicyclic amines) is 1. The number of benzene rings is 1. The molecule has 0 N–H and O–H groups in total. The summed E-state index contributed by atoms with van der Waals surface area (Å²) in [5.41, 5.74) is 1.13. The zero-order valence-corrected chi connectivity index (χ0v) is 16.2. The smallest absolute Gasteiger partial charge is 0.140 e. The van der Waals surface area contributed by atoms with Crippen LogP contribution in [0.4, 0.5) is 0 Å². The number of imidazole rings is 1. The Balaban J connectivity index is 1.34. The second kappa shape index (κ2) is 9.38. The van der Waals surface area contributed by atoms with E-state index in [1.54, 1.807) is 0 Å². The van der Waals surface area contributed by atoms with Crippen molar-refractivity contribution in [3.8, 4) is 17.1 Å². The minimum Gasteiger partial charge on any atom is -0.494 e. The predicted octanol–water partition coefficient (Wildman–Crippen LogP) is 4.16. The first-order chi connectivity index (χ1) is 13.4. The van der Waals surface area contributed by atoms with Crippen molar-refractivity contribution in [2.45, 2.75) is 44.6 Å². The lowest BCUT2D eigenvalue weighted by atomic mass is 10.1. The van der Waals surface area contributed by atoms with Crippen molar-refractivity contribution in [2.75, 3.05) is 39.5 Å². The normalized spacial score (nSPS) is 19.3. The maximum absolute atomic E-state index is 6.04. The molecule has 0 bridgehead atoms. The van der Waals surface area contributed by atoms with Gasteiger partial charge in [-0.3, -0.25) is 0 Å². The van der Waals surface area contributed by atoms with E-state index >= 15 is 0 Å². The first-order valence-corrected chi connectivity index (χ1v) is 10.5. The number of rotatable bonds is 7. The van der Waals surface area contributed by atoms with E-state index < -0.39 is 0 Å². The Morgan fingerprint density at radius 3 is 2.81 bits per heavy atom. The number of nitrogens with zero attached hydrogens (tertiary/aromatic N) is 3. The monoisotopic (exact) mass is 369 g/mol. The fourth-order valence-corrected chi connectivity index (χ4v) is 4.18. The molecule has 0 unspecified atom stereocenters. The van der Waals surface area contributed by atoms with Gasteiger partial charge in [0.25, 0.3) is 0 Å². The Morgan fingerprint density at radius 2 is 1.96 bits per heavy atom.